The van der Waals surface area contributed by atoms with Crippen LogP contribution < -0.4 is 5.43 Å². The largest absolute Gasteiger partial charge is 0.477 e. The van der Waals surface area contributed by atoms with E-state index >= 15 is 0 Å². The van der Waals surface area contributed by atoms with Gasteiger partial charge in [0.15, 0.2) is 5.69 Å². The first-order valence-electron chi connectivity index (χ1n) is 5.98. The quantitative estimate of drug-likeness (QED) is 0.627. The molecule has 0 spiro atoms. The van der Waals surface area contributed by atoms with E-state index in [-0.39, 0.29) is 17.2 Å². The van der Waals surface area contributed by atoms with Crippen molar-refractivity contribution in [2.75, 3.05) is 18.5 Å². The molecular formula is C11H14N4O4. The fourth-order valence-corrected chi connectivity index (χ4v) is 1.96. The highest BCUT2D eigenvalue weighted by atomic mass is 16.6. The maximum absolute atomic E-state index is 10.9. The first kappa shape index (κ1) is 13.2. The van der Waals surface area contributed by atoms with E-state index < -0.39 is 10.9 Å². The molecule has 0 aliphatic carbocycles. The van der Waals surface area contributed by atoms with E-state index in [0.29, 0.717) is 0 Å². The van der Waals surface area contributed by atoms with Crippen LogP contribution in [0, 0.1) is 10.1 Å². The van der Waals surface area contributed by atoms with Gasteiger partial charge in [-0.1, -0.05) is 6.42 Å². The third-order valence-corrected chi connectivity index (χ3v) is 2.91. The predicted molar refractivity (Wildman–Crippen MR) is 66.9 cm³/mol. The summed E-state index contributed by atoms with van der Waals surface area (Å²) in [5, 5.41) is 21.6. The summed E-state index contributed by atoms with van der Waals surface area (Å²) in [5.74, 6) is -1.23. The molecule has 0 amide bonds. The fourth-order valence-electron chi connectivity index (χ4n) is 1.96. The van der Waals surface area contributed by atoms with Crippen LogP contribution in [0.4, 0.5) is 11.5 Å². The number of nitrogens with zero attached hydrogens (tertiary/aromatic N) is 3. The third kappa shape index (κ3) is 3.16. The summed E-state index contributed by atoms with van der Waals surface area (Å²) in [5.41, 5.74) is 2.40. The molecule has 0 bridgehead atoms. The predicted octanol–water partition coefficient (Wildman–Crippen LogP) is 1.50. The fraction of sp³-hybridized carbons (Fsp3) is 0.455. The maximum Gasteiger partial charge on any atom is 0.354 e. The molecule has 1 aliphatic rings. The number of rotatable bonds is 4. The van der Waals surface area contributed by atoms with Crippen LogP contribution >= 0.6 is 0 Å². The maximum atomic E-state index is 10.9. The Morgan fingerprint density at radius 2 is 2.05 bits per heavy atom. The molecule has 1 aromatic heterocycles. The summed E-state index contributed by atoms with van der Waals surface area (Å²) in [6.07, 6.45) is 3.13. The summed E-state index contributed by atoms with van der Waals surface area (Å²) in [4.78, 5) is 25.0. The molecule has 8 heteroatoms. The van der Waals surface area contributed by atoms with Crippen molar-refractivity contribution in [3.8, 4) is 0 Å². The van der Waals surface area contributed by atoms with Gasteiger partial charge < -0.3 is 5.11 Å². The van der Waals surface area contributed by atoms with Crippen molar-refractivity contribution in [2.45, 2.75) is 19.3 Å². The minimum Gasteiger partial charge on any atom is -0.477 e. The second-order valence-electron chi connectivity index (χ2n) is 4.29. The number of nitro groups is 1. The van der Waals surface area contributed by atoms with Crippen LogP contribution in [0.1, 0.15) is 29.8 Å². The van der Waals surface area contributed by atoms with Crippen molar-refractivity contribution in [3.63, 3.8) is 0 Å². The Morgan fingerprint density at radius 3 is 2.63 bits per heavy atom. The number of aromatic nitrogens is 1. The van der Waals surface area contributed by atoms with Crippen molar-refractivity contribution in [1.82, 2.24) is 9.99 Å². The highest BCUT2D eigenvalue weighted by molar-refractivity contribution is 5.86. The number of hydrogen-bond donors (Lipinski definition) is 2. The van der Waals surface area contributed by atoms with Crippen molar-refractivity contribution >= 4 is 17.5 Å². The molecule has 1 saturated heterocycles. The zero-order valence-corrected chi connectivity index (χ0v) is 10.2. The van der Waals surface area contributed by atoms with Gasteiger partial charge in [0.2, 0.25) is 5.82 Å². The second-order valence-corrected chi connectivity index (χ2v) is 4.29. The zero-order chi connectivity index (χ0) is 13.8. The Balaban J connectivity index is 2.26. The van der Waals surface area contributed by atoms with Crippen LogP contribution in [-0.4, -0.2) is 39.1 Å². The lowest BCUT2D eigenvalue weighted by molar-refractivity contribution is -0.384. The average molecular weight is 266 g/mol. The van der Waals surface area contributed by atoms with Crippen LogP contribution in [0.15, 0.2) is 12.1 Å². The van der Waals surface area contributed by atoms with Crippen molar-refractivity contribution in [2.24, 2.45) is 0 Å². The number of piperidine rings is 1. The first-order valence-corrected chi connectivity index (χ1v) is 5.98. The number of aromatic carboxylic acids is 1. The molecule has 2 heterocycles. The van der Waals surface area contributed by atoms with Gasteiger partial charge in [-0.3, -0.25) is 15.5 Å². The van der Waals surface area contributed by atoms with E-state index in [1.807, 2.05) is 5.01 Å². The number of hydrogen-bond acceptors (Lipinski definition) is 6. The molecule has 102 valence electrons. The van der Waals surface area contributed by atoms with Gasteiger partial charge in [0.1, 0.15) is 0 Å². The Bertz CT molecular complexity index is 499. The van der Waals surface area contributed by atoms with Crippen molar-refractivity contribution in [1.29, 1.82) is 0 Å². The first-order chi connectivity index (χ1) is 9.08. The minimum atomic E-state index is -1.21. The lowest BCUT2D eigenvalue weighted by atomic mass is 10.2. The monoisotopic (exact) mass is 266 g/mol. The molecule has 19 heavy (non-hydrogen) atoms. The lowest BCUT2D eigenvalue weighted by Crippen LogP contribution is -2.35. The number of hydrazine groups is 1. The van der Waals surface area contributed by atoms with Gasteiger partial charge in [0.25, 0.3) is 0 Å². The van der Waals surface area contributed by atoms with Gasteiger partial charge in [-0.25, -0.2) is 14.8 Å². The standard InChI is InChI=1S/C11H14N4O4/c16-11(17)8-4-5-9(15(18)19)10(12-8)13-14-6-2-1-3-7-14/h4-5H,1-3,6-7H2,(H,12,13)(H,16,17). The van der Waals surface area contributed by atoms with Crippen LogP contribution in [0.2, 0.25) is 0 Å². The van der Waals surface area contributed by atoms with E-state index in [0.717, 1.165) is 44.5 Å². The van der Waals surface area contributed by atoms with E-state index in [9.17, 15) is 14.9 Å². The second kappa shape index (κ2) is 5.61. The zero-order valence-electron chi connectivity index (χ0n) is 10.2. The average Bonchev–Trinajstić information content (AvgIpc) is 2.39. The van der Waals surface area contributed by atoms with Crippen LogP contribution in [0.5, 0.6) is 0 Å². The topological polar surface area (TPSA) is 109 Å². The molecule has 0 atom stereocenters. The molecule has 0 aromatic carbocycles. The molecule has 2 rings (SSSR count). The molecule has 8 nitrogen and oxygen atoms in total. The molecule has 0 unspecified atom stereocenters. The number of carboxylic acids is 1. The molecule has 0 radical (unpaired) electrons. The summed E-state index contributed by atoms with van der Waals surface area (Å²) in [6.45, 7) is 1.52. The summed E-state index contributed by atoms with van der Waals surface area (Å²) in [7, 11) is 0. The van der Waals surface area contributed by atoms with Gasteiger partial charge >= 0.3 is 11.7 Å². The smallest absolute Gasteiger partial charge is 0.354 e. The minimum absolute atomic E-state index is 0.0215. The van der Waals surface area contributed by atoms with Gasteiger partial charge in [-0.05, 0) is 18.9 Å². The molecule has 1 fully saturated rings. The van der Waals surface area contributed by atoms with Gasteiger partial charge in [0, 0.05) is 19.2 Å². The van der Waals surface area contributed by atoms with Crippen LogP contribution in [0.25, 0.3) is 0 Å². The Kier molecular flexibility index (Phi) is 3.91. The van der Waals surface area contributed by atoms with E-state index in [2.05, 4.69) is 10.4 Å². The molecule has 0 saturated carbocycles. The molecule has 1 aliphatic heterocycles. The van der Waals surface area contributed by atoms with E-state index in [4.69, 9.17) is 5.11 Å². The van der Waals surface area contributed by atoms with Crippen LogP contribution in [-0.2, 0) is 0 Å². The van der Waals surface area contributed by atoms with E-state index in [1.165, 1.54) is 0 Å². The van der Waals surface area contributed by atoms with E-state index in [1.54, 1.807) is 0 Å². The SMILES string of the molecule is O=C(O)c1ccc([N+](=O)[O-])c(NN2CCCCC2)n1. The van der Waals surface area contributed by atoms with Crippen molar-refractivity contribution in [3.05, 3.63) is 27.9 Å². The number of carbonyl (C=O) groups is 1. The number of nitrogens with one attached hydrogen (secondary N) is 1. The van der Waals surface area contributed by atoms with Gasteiger partial charge in [-0.2, -0.15) is 0 Å². The highest BCUT2D eigenvalue weighted by Crippen LogP contribution is 2.23. The number of pyridine rings is 1. The molecule has 1 aromatic rings. The Morgan fingerprint density at radius 1 is 1.37 bits per heavy atom. The van der Waals surface area contributed by atoms with Crippen LogP contribution in [0.3, 0.4) is 0 Å². The Hall–Kier alpha value is -2.22. The van der Waals surface area contributed by atoms with Gasteiger partial charge in [-0.15, -0.1) is 0 Å². The molecular weight excluding hydrogens is 252 g/mol. The Labute approximate surface area is 109 Å². The molecule has 2 N–H and O–H groups in total. The van der Waals surface area contributed by atoms with Gasteiger partial charge in [0.05, 0.1) is 4.92 Å². The lowest BCUT2D eigenvalue weighted by Gasteiger charge is -2.27. The summed E-state index contributed by atoms with van der Waals surface area (Å²) >= 11 is 0. The summed E-state index contributed by atoms with van der Waals surface area (Å²) in [6, 6.07) is 2.28. The normalized spacial score (nSPS) is 16.0. The van der Waals surface area contributed by atoms with Crippen molar-refractivity contribution < 1.29 is 14.8 Å². The summed E-state index contributed by atoms with van der Waals surface area (Å²) < 4.78 is 0. The third-order valence-electron chi connectivity index (χ3n) is 2.91. The highest BCUT2D eigenvalue weighted by Gasteiger charge is 2.21. The number of anilines is 1. The number of carboxylic acid groups (broad SMARTS) is 1.